The van der Waals surface area contributed by atoms with Gasteiger partial charge in [0.25, 0.3) is 0 Å². The Bertz CT molecular complexity index is 223. The van der Waals surface area contributed by atoms with Crippen LogP contribution >= 0.6 is 11.8 Å². The maximum absolute atomic E-state index is 11.7. The first-order valence-electron chi connectivity index (χ1n) is 3.33. The van der Waals surface area contributed by atoms with Gasteiger partial charge in [0, 0.05) is 12.0 Å². The molecular formula is C8H9F3OS. The van der Waals surface area contributed by atoms with Gasteiger partial charge in [-0.3, -0.25) is 0 Å². The number of aliphatic hydroxyl groups is 1. The lowest BCUT2D eigenvalue weighted by molar-refractivity contribution is -0.0328. The second-order valence-corrected chi connectivity index (χ2v) is 3.00. The van der Waals surface area contributed by atoms with E-state index in [9.17, 15) is 13.2 Å². The Hall–Kier alpha value is -0.680. The van der Waals surface area contributed by atoms with E-state index in [4.69, 9.17) is 5.11 Å². The zero-order chi connectivity index (χ0) is 10.3. The van der Waals surface area contributed by atoms with E-state index in [0.717, 1.165) is 7.11 Å². The number of halogens is 3. The third-order valence-corrected chi connectivity index (χ3v) is 1.72. The highest BCUT2D eigenvalue weighted by molar-refractivity contribution is 8.00. The second-order valence-electron chi connectivity index (χ2n) is 1.86. The molecule has 1 N–H and O–H groups in total. The lowest BCUT2D eigenvalue weighted by atomic mass is 10.4. The van der Waals surface area contributed by atoms with Gasteiger partial charge in [0.1, 0.15) is 0 Å². The minimum Gasteiger partial charge on any atom is -0.400 e. The van der Waals surface area contributed by atoms with E-state index in [-0.39, 0.29) is 16.7 Å². The molecule has 0 spiro atoms. The third kappa shape index (κ3) is 6.48. The Balaban J connectivity index is 0.000000671. The molecule has 0 fully saturated rings. The highest BCUT2D eigenvalue weighted by atomic mass is 32.2. The number of hydrogen-bond donors (Lipinski definition) is 1. The van der Waals surface area contributed by atoms with E-state index in [2.05, 4.69) is 0 Å². The van der Waals surface area contributed by atoms with Crippen LogP contribution in [0.2, 0.25) is 0 Å². The lowest BCUT2D eigenvalue weighted by Crippen LogP contribution is -1.98. The van der Waals surface area contributed by atoms with Gasteiger partial charge in [-0.15, -0.1) is 0 Å². The van der Waals surface area contributed by atoms with Crippen molar-refractivity contribution in [2.75, 3.05) is 7.11 Å². The number of benzene rings is 1. The Morgan fingerprint density at radius 2 is 1.54 bits per heavy atom. The van der Waals surface area contributed by atoms with Gasteiger partial charge in [0.05, 0.1) is 0 Å². The summed E-state index contributed by atoms with van der Waals surface area (Å²) in [6.45, 7) is 0. The molecule has 13 heavy (non-hydrogen) atoms. The van der Waals surface area contributed by atoms with Gasteiger partial charge in [0.2, 0.25) is 0 Å². The molecule has 0 aromatic heterocycles. The average molecular weight is 210 g/mol. The summed E-state index contributed by atoms with van der Waals surface area (Å²) in [5.41, 5.74) is -4.18. The number of rotatable bonds is 1. The van der Waals surface area contributed by atoms with E-state index in [1.54, 1.807) is 18.2 Å². The summed E-state index contributed by atoms with van der Waals surface area (Å²) in [5, 5.41) is 7.00. The molecule has 0 atom stereocenters. The summed E-state index contributed by atoms with van der Waals surface area (Å²) in [5.74, 6) is 0. The largest absolute Gasteiger partial charge is 0.446 e. The van der Waals surface area contributed by atoms with Gasteiger partial charge in [-0.25, -0.2) is 0 Å². The Morgan fingerprint density at radius 1 is 1.08 bits per heavy atom. The first kappa shape index (κ1) is 12.3. The quantitative estimate of drug-likeness (QED) is 0.719. The van der Waals surface area contributed by atoms with Crippen LogP contribution in [0.1, 0.15) is 0 Å². The van der Waals surface area contributed by atoms with Crippen molar-refractivity contribution in [3.05, 3.63) is 30.3 Å². The van der Waals surface area contributed by atoms with Crippen molar-refractivity contribution in [1.29, 1.82) is 0 Å². The number of aliphatic hydroxyl groups excluding tert-OH is 1. The first-order chi connectivity index (χ1) is 6.08. The van der Waals surface area contributed by atoms with Crippen LogP contribution in [0.25, 0.3) is 0 Å². The van der Waals surface area contributed by atoms with Gasteiger partial charge in [0.15, 0.2) is 0 Å². The molecule has 1 aromatic carbocycles. The summed E-state index contributed by atoms with van der Waals surface area (Å²) >= 11 is -0.0993. The molecule has 0 unspecified atom stereocenters. The van der Waals surface area contributed by atoms with Crippen LogP contribution in [0.4, 0.5) is 13.2 Å². The molecule has 1 rings (SSSR count). The molecule has 0 saturated heterocycles. The van der Waals surface area contributed by atoms with Crippen LogP contribution in [-0.4, -0.2) is 17.7 Å². The molecule has 5 heteroatoms. The van der Waals surface area contributed by atoms with Crippen LogP contribution in [-0.2, 0) is 0 Å². The van der Waals surface area contributed by atoms with Crippen LogP contribution < -0.4 is 0 Å². The molecule has 0 heterocycles. The predicted molar refractivity (Wildman–Crippen MR) is 46.5 cm³/mol. The van der Waals surface area contributed by atoms with Crippen LogP contribution in [0.15, 0.2) is 35.2 Å². The molecule has 0 radical (unpaired) electrons. The third-order valence-electron chi connectivity index (χ3n) is 0.977. The van der Waals surface area contributed by atoms with E-state index < -0.39 is 5.51 Å². The minimum absolute atomic E-state index is 0.0993. The highest BCUT2D eigenvalue weighted by Gasteiger charge is 2.28. The maximum Gasteiger partial charge on any atom is 0.446 e. The van der Waals surface area contributed by atoms with Gasteiger partial charge in [-0.2, -0.15) is 13.2 Å². The molecule has 0 aliphatic carbocycles. The summed E-state index contributed by atoms with van der Waals surface area (Å²) in [7, 11) is 1.00. The number of thioether (sulfide) groups is 1. The van der Waals surface area contributed by atoms with E-state index in [1.807, 2.05) is 0 Å². The van der Waals surface area contributed by atoms with E-state index >= 15 is 0 Å². The minimum atomic E-state index is -4.18. The normalized spacial score (nSPS) is 10.2. The van der Waals surface area contributed by atoms with Crippen molar-refractivity contribution in [3.63, 3.8) is 0 Å². The molecule has 1 aromatic rings. The fourth-order valence-corrected chi connectivity index (χ4v) is 1.18. The molecular weight excluding hydrogens is 201 g/mol. The van der Waals surface area contributed by atoms with Crippen molar-refractivity contribution in [2.24, 2.45) is 0 Å². The standard InChI is InChI=1S/C7H5F3S.CH4O/c8-7(9,10)11-6-4-2-1-3-5-6;1-2/h1-5H;2H,1H3. The van der Waals surface area contributed by atoms with E-state index in [1.165, 1.54) is 12.1 Å². The van der Waals surface area contributed by atoms with Crippen molar-refractivity contribution >= 4 is 11.8 Å². The maximum atomic E-state index is 11.7. The Morgan fingerprint density at radius 3 is 1.92 bits per heavy atom. The molecule has 0 amide bonds. The van der Waals surface area contributed by atoms with Gasteiger partial charge < -0.3 is 5.11 Å². The van der Waals surface area contributed by atoms with Crippen molar-refractivity contribution in [2.45, 2.75) is 10.4 Å². The summed E-state index contributed by atoms with van der Waals surface area (Å²) < 4.78 is 35.1. The van der Waals surface area contributed by atoms with Gasteiger partial charge >= 0.3 is 5.51 Å². The molecule has 0 saturated carbocycles. The van der Waals surface area contributed by atoms with Crippen molar-refractivity contribution in [1.82, 2.24) is 0 Å². The Labute approximate surface area is 78.6 Å². The monoisotopic (exact) mass is 210 g/mol. The summed E-state index contributed by atoms with van der Waals surface area (Å²) in [4.78, 5) is 0.222. The predicted octanol–water partition coefficient (Wildman–Crippen LogP) is 2.91. The fraction of sp³-hybridized carbons (Fsp3) is 0.250. The zero-order valence-electron chi connectivity index (χ0n) is 6.88. The fourth-order valence-electron chi connectivity index (χ4n) is 0.622. The summed E-state index contributed by atoms with van der Waals surface area (Å²) in [6.07, 6.45) is 0. The molecule has 0 bridgehead atoms. The highest BCUT2D eigenvalue weighted by Crippen LogP contribution is 2.36. The molecule has 74 valence electrons. The summed E-state index contributed by atoms with van der Waals surface area (Å²) in [6, 6.07) is 7.69. The topological polar surface area (TPSA) is 20.2 Å². The number of alkyl halides is 3. The zero-order valence-corrected chi connectivity index (χ0v) is 7.69. The van der Waals surface area contributed by atoms with Gasteiger partial charge in [-0.05, 0) is 23.9 Å². The molecule has 0 aliphatic rings. The lowest BCUT2D eigenvalue weighted by Gasteiger charge is -2.03. The van der Waals surface area contributed by atoms with Crippen molar-refractivity contribution in [3.8, 4) is 0 Å². The number of hydrogen-bond acceptors (Lipinski definition) is 2. The van der Waals surface area contributed by atoms with Crippen LogP contribution in [0, 0.1) is 0 Å². The first-order valence-corrected chi connectivity index (χ1v) is 4.15. The van der Waals surface area contributed by atoms with Crippen LogP contribution in [0.5, 0.6) is 0 Å². The second kappa shape index (κ2) is 5.88. The molecule has 0 aliphatic heterocycles. The molecule has 1 nitrogen and oxygen atoms in total. The van der Waals surface area contributed by atoms with Gasteiger partial charge in [-0.1, -0.05) is 18.2 Å². The SMILES string of the molecule is CO.FC(F)(F)Sc1ccccc1. The smallest absolute Gasteiger partial charge is 0.400 e. The Kier molecular flexibility index (Phi) is 5.57. The van der Waals surface area contributed by atoms with E-state index in [0.29, 0.717) is 0 Å². The van der Waals surface area contributed by atoms with Crippen molar-refractivity contribution < 1.29 is 18.3 Å². The average Bonchev–Trinajstić information content (AvgIpc) is 2.07. The van der Waals surface area contributed by atoms with Crippen LogP contribution in [0.3, 0.4) is 0 Å².